The summed E-state index contributed by atoms with van der Waals surface area (Å²) in [5, 5.41) is 5.44. The molecule has 1 atom stereocenters. The second-order valence-corrected chi connectivity index (χ2v) is 7.55. The predicted molar refractivity (Wildman–Crippen MR) is 98.0 cm³/mol. The Labute approximate surface area is 156 Å². The number of nitrogens with one attached hydrogen (secondary N) is 2. The van der Waals surface area contributed by atoms with Crippen LogP contribution in [0.5, 0.6) is 0 Å². The number of amides is 5. The quantitative estimate of drug-likeness (QED) is 0.767. The molecule has 0 radical (unpaired) electrons. The number of hydrogen-bond acceptors (Lipinski definition) is 4. The van der Waals surface area contributed by atoms with Crippen molar-refractivity contribution in [2.45, 2.75) is 38.1 Å². The molecule has 1 saturated carbocycles. The smallest absolute Gasteiger partial charge is 0.324 e. The molecule has 0 bridgehead atoms. The number of hydrogen-bond donors (Lipinski definition) is 2. The van der Waals surface area contributed by atoms with Gasteiger partial charge in [-0.15, -0.1) is 0 Å². The predicted octanol–water partition coefficient (Wildman–Crippen LogP) is 1.47. The summed E-state index contributed by atoms with van der Waals surface area (Å²) < 4.78 is 0. The van der Waals surface area contributed by atoms with Crippen molar-refractivity contribution in [2.75, 3.05) is 23.3 Å². The Morgan fingerprint density at radius 1 is 1.30 bits per heavy atom. The van der Waals surface area contributed by atoms with Crippen molar-refractivity contribution < 1.29 is 19.2 Å². The summed E-state index contributed by atoms with van der Waals surface area (Å²) in [4.78, 5) is 51.7. The van der Waals surface area contributed by atoms with E-state index in [1.165, 1.54) is 0 Å². The molecule has 2 saturated heterocycles. The lowest BCUT2D eigenvalue weighted by molar-refractivity contribution is -0.134. The SMILES string of the molecule is CC1(C2CC2)NC(=O)N(CC(=O)Nc2cccc(N3CCCC3=O)c2)C1=O. The minimum atomic E-state index is -0.895. The Balaban J connectivity index is 1.42. The number of carbonyl (C=O) groups excluding carboxylic acids is 4. The van der Waals surface area contributed by atoms with Crippen molar-refractivity contribution in [1.82, 2.24) is 10.2 Å². The molecule has 0 spiro atoms. The Hall–Kier alpha value is -2.90. The van der Waals surface area contributed by atoms with Crippen LogP contribution in [0, 0.1) is 5.92 Å². The van der Waals surface area contributed by atoms with Crippen molar-refractivity contribution in [1.29, 1.82) is 0 Å². The molecular formula is C19H22N4O4. The maximum Gasteiger partial charge on any atom is 0.325 e. The number of anilines is 2. The molecule has 1 aromatic carbocycles. The lowest BCUT2D eigenvalue weighted by Crippen LogP contribution is -2.46. The monoisotopic (exact) mass is 370 g/mol. The van der Waals surface area contributed by atoms with Crippen LogP contribution in [0.3, 0.4) is 0 Å². The highest BCUT2D eigenvalue weighted by molar-refractivity contribution is 6.10. The first-order valence-electron chi connectivity index (χ1n) is 9.23. The number of nitrogens with zero attached hydrogens (tertiary/aromatic N) is 2. The average molecular weight is 370 g/mol. The van der Waals surface area contributed by atoms with Crippen LogP contribution in [-0.4, -0.2) is 47.3 Å². The zero-order valence-electron chi connectivity index (χ0n) is 15.2. The zero-order chi connectivity index (χ0) is 19.2. The van der Waals surface area contributed by atoms with Crippen molar-refractivity contribution in [3.63, 3.8) is 0 Å². The van der Waals surface area contributed by atoms with Crippen LogP contribution < -0.4 is 15.5 Å². The molecule has 142 valence electrons. The van der Waals surface area contributed by atoms with Crippen LogP contribution in [-0.2, 0) is 14.4 Å². The number of benzene rings is 1. The normalized spacial score (nSPS) is 25.1. The van der Waals surface area contributed by atoms with E-state index in [4.69, 9.17) is 0 Å². The topological polar surface area (TPSA) is 98.8 Å². The third-order valence-electron chi connectivity index (χ3n) is 5.51. The summed E-state index contributed by atoms with van der Waals surface area (Å²) in [5.41, 5.74) is 0.355. The number of urea groups is 1. The molecule has 27 heavy (non-hydrogen) atoms. The van der Waals surface area contributed by atoms with E-state index in [1.54, 1.807) is 30.0 Å². The van der Waals surface area contributed by atoms with Crippen molar-refractivity contribution in [3.05, 3.63) is 24.3 Å². The van der Waals surface area contributed by atoms with E-state index in [1.807, 2.05) is 6.07 Å². The minimum absolute atomic E-state index is 0.0668. The molecule has 1 aliphatic carbocycles. The fourth-order valence-electron chi connectivity index (χ4n) is 3.81. The molecule has 1 aromatic rings. The van der Waals surface area contributed by atoms with E-state index < -0.39 is 17.5 Å². The fraction of sp³-hybridized carbons (Fsp3) is 0.474. The molecule has 8 nitrogen and oxygen atoms in total. The molecule has 8 heteroatoms. The second-order valence-electron chi connectivity index (χ2n) is 7.55. The molecule has 2 N–H and O–H groups in total. The van der Waals surface area contributed by atoms with Crippen LogP contribution in [0.4, 0.5) is 16.2 Å². The van der Waals surface area contributed by atoms with Gasteiger partial charge in [0.15, 0.2) is 0 Å². The van der Waals surface area contributed by atoms with E-state index in [0.29, 0.717) is 18.7 Å². The van der Waals surface area contributed by atoms with E-state index in [2.05, 4.69) is 10.6 Å². The summed E-state index contributed by atoms with van der Waals surface area (Å²) in [6.07, 6.45) is 3.17. The lowest BCUT2D eigenvalue weighted by Gasteiger charge is -2.21. The third kappa shape index (κ3) is 3.15. The van der Waals surface area contributed by atoms with Gasteiger partial charge in [0.2, 0.25) is 11.8 Å². The van der Waals surface area contributed by atoms with Crippen LogP contribution in [0.1, 0.15) is 32.6 Å². The van der Waals surface area contributed by atoms with Gasteiger partial charge in [0.1, 0.15) is 12.1 Å². The van der Waals surface area contributed by atoms with Gasteiger partial charge in [0.25, 0.3) is 5.91 Å². The summed E-state index contributed by atoms with van der Waals surface area (Å²) >= 11 is 0. The summed E-state index contributed by atoms with van der Waals surface area (Å²) in [6.45, 7) is 2.05. The van der Waals surface area contributed by atoms with Gasteiger partial charge >= 0.3 is 6.03 Å². The Kier molecular flexibility index (Phi) is 4.13. The Morgan fingerprint density at radius 2 is 2.07 bits per heavy atom. The van der Waals surface area contributed by atoms with Gasteiger partial charge in [-0.05, 0) is 50.3 Å². The van der Waals surface area contributed by atoms with Crippen LogP contribution in [0.25, 0.3) is 0 Å². The van der Waals surface area contributed by atoms with Crippen LogP contribution in [0.15, 0.2) is 24.3 Å². The molecule has 0 aromatic heterocycles. The molecule has 1 unspecified atom stereocenters. The van der Waals surface area contributed by atoms with Crippen LogP contribution in [0.2, 0.25) is 0 Å². The Morgan fingerprint density at radius 3 is 2.74 bits per heavy atom. The zero-order valence-corrected chi connectivity index (χ0v) is 15.2. The number of imide groups is 1. The summed E-state index contributed by atoms with van der Waals surface area (Å²) in [6, 6.07) is 6.48. The van der Waals surface area contributed by atoms with Crippen molar-refractivity contribution in [2.24, 2.45) is 5.92 Å². The number of carbonyl (C=O) groups is 4. The molecule has 4 rings (SSSR count). The van der Waals surface area contributed by atoms with Gasteiger partial charge in [-0.3, -0.25) is 19.3 Å². The van der Waals surface area contributed by atoms with Gasteiger partial charge in [-0.1, -0.05) is 6.07 Å². The molecule has 2 aliphatic heterocycles. The first kappa shape index (κ1) is 17.5. The van der Waals surface area contributed by atoms with E-state index >= 15 is 0 Å². The molecular weight excluding hydrogens is 348 g/mol. The number of rotatable bonds is 5. The van der Waals surface area contributed by atoms with E-state index in [-0.39, 0.29) is 24.3 Å². The van der Waals surface area contributed by atoms with E-state index in [0.717, 1.165) is 29.8 Å². The van der Waals surface area contributed by atoms with Gasteiger partial charge in [-0.25, -0.2) is 4.79 Å². The molecule has 3 fully saturated rings. The Bertz CT molecular complexity index is 835. The highest BCUT2D eigenvalue weighted by Crippen LogP contribution is 2.42. The third-order valence-corrected chi connectivity index (χ3v) is 5.51. The second kappa shape index (κ2) is 6.37. The largest absolute Gasteiger partial charge is 0.325 e. The maximum atomic E-state index is 12.6. The summed E-state index contributed by atoms with van der Waals surface area (Å²) in [5.74, 6) is -0.584. The average Bonchev–Trinajstić information content (AvgIpc) is 3.37. The fourth-order valence-corrected chi connectivity index (χ4v) is 3.81. The van der Waals surface area contributed by atoms with Gasteiger partial charge in [0.05, 0.1) is 0 Å². The van der Waals surface area contributed by atoms with Gasteiger partial charge in [-0.2, -0.15) is 0 Å². The first-order chi connectivity index (χ1) is 12.9. The highest BCUT2D eigenvalue weighted by Gasteiger charge is 2.56. The minimum Gasteiger partial charge on any atom is -0.324 e. The van der Waals surface area contributed by atoms with Gasteiger partial charge in [0, 0.05) is 24.3 Å². The maximum absolute atomic E-state index is 12.6. The highest BCUT2D eigenvalue weighted by atomic mass is 16.2. The van der Waals surface area contributed by atoms with Crippen molar-refractivity contribution in [3.8, 4) is 0 Å². The molecule has 3 aliphatic rings. The lowest BCUT2D eigenvalue weighted by atomic mass is 9.96. The van der Waals surface area contributed by atoms with Gasteiger partial charge < -0.3 is 15.5 Å². The standard InChI is InChI=1S/C19H22N4O4/c1-19(12-7-8-12)17(26)23(18(27)21-19)11-15(24)20-13-4-2-5-14(10-13)22-9-3-6-16(22)25/h2,4-5,10,12H,3,6-9,11H2,1H3,(H,20,24)(H,21,27). The molecule has 2 heterocycles. The van der Waals surface area contributed by atoms with E-state index in [9.17, 15) is 19.2 Å². The van der Waals surface area contributed by atoms with Crippen LogP contribution >= 0.6 is 0 Å². The first-order valence-corrected chi connectivity index (χ1v) is 9.23. The molecule has 5 amide bonds. The van der Waals surface area contributed by atoms with Crippen molar-refractivity contribution >= 4 is 35.1 Å². The summed E-state index contributed by atoms with van der Waals surface area (Å²) in [7, 11) is 0.